The standard InChI is InChI=1S/C22H25FN4O2/c1-13(2)27-19-17(11-10-15(23)18(19)16-9-7-8-12-24-16)26-20(27)14(3)25-21(28)29-22(4,5)6/h7-13H,3H2,1-2,4-6H3,(H,25,28). The molecule has 0 aliphatic heterocycles. The maximum atomic E-state index is 14.9. The highest BCUT2D eigenvalue weighted by Crippen LogP contribution is 2.34. The molecule has 0 atom stereocenters. The lowest BCUT2D eigenvalue weighted by atomic mass is 10.1. The Hall–Kier alpha value is -3.22. The highest BCUT2D eigenvalue weighted by Gasteiger charge is 2.24. The minimum atomic E-state index is -0.641. The van der Waals surface area contributed by atoms with Crippen LogP contribution in [-0.2, 0) is 4.74 Å². The van der Waals surface area contributed by atoms with Gasteiger partial charge in [-0.05, 0) is 58.9 Å². The first-order valence-corrected chi connectivity index (χ1v) is 9.39. The second-order valence-electron chi connectivity index (χ2n) is 8.01. The van der Waals surface area contributed by atoms with Crippen LogP contribution in [0.1, 0.15) is 46.5 Å². The number of aromatic nitrogens is 3. The van der Waals surface area contributed by atoms with E-state index in [1.807, 2.05) is 18.4 Å². The third kappa shape index (κ3) is 4.29. The van der Waals surface area contributed by atoms with Crippen molar-refractivity contribution in [3.8, 4) is 11.3 Å². The topological polar surface area (TPSA) is 69.0 Å². The molecule has 0 aliphatic rings. The predicted octanol–water partition coefficient (Wildman–Crippen LogP) is 5.31. The number of ether oxygens (including phenoxy) is 1. The van der Waals surface area contributed by atoms with E-state index >= 15 is 0 Å². The minimum Gasteiger partial charge on any atom is -0.444 e. The largest absolute Gasteiger partial charge is 0.444 e. The molecule has 0 bridgehead atoms. The zero-order valence-corrected chi connectivity index (χ0v) is 17.3. The number of imidazole rings is 1. The fraction of sp³-hybridized carbons (Fsp3) is 0.318. The molecule has 0 saturated heterocycles. The number of amides is 1. The number of carbonyl (C=O) groups excluding carboxylic acids is 1. The number of nitrogens with one attached hydrogen (secondary N) is 1. The van der Waals surface area contributed by atoms with E-state index in [1.165, 1.54) is 6.07 Å². The van der Waals surface area contributed by atoms with Crippen molar-refractivity contribution < 1.29 is 13.9 Å². The van der Waals surface area contributed by atoms with E-state index in [1.54, 1.807) is 51.2 Å². The zero-order valence-electron chi connectivity index (χ0n) is 17.3. The van der Waals surface area contributed by atoms with Crippen molar-refractivity contribution in [3.63, 3.8) is 0 Å². The molecular formula is C22H25FN4O2. The van der Waals surface area contributed by atoms with E-state index in [4.69, 9.17) is 4.74 Å². The van der Waals surface area contributed by atoms with Gasteiger partial charge in [-0.1, -0.05) is 12.6 Å². The average molecular weight is 396 g/mol. The number of hydrogen-bond acceptors (Lipinski definition) is 4. The van der Waals surface area contributed by atoms with E-state index in [9.17, 15) is 9.18 Å². The number of halogens is 1. The van der Waals surface area contributed by atoms with Gasteiger partial charge in [-0.2, -0.15) is 0 Å². The van der Waals surface area contributed by atoms with Gasteiger partial charge in [0.25, 0.3) is 0 Å². The SMILES string of the molecule is C=C(NC(=O)OC(C)(C)C)c1nc2ccc(F)c(-c3ccccn3)c2n1C(C)C. The third-order valence-electron chi connectivity index (χ3n) is 4.16. The summed E-state index contributed by atoms with van der Waals surface area (Å²) < 4.78 is 22.0. The van der Waals surface area contributed by atoms with Crippen molar-refractivity contribution in [1.82, 2.24) is 19.9 Å². The number of benzene rings is 1. The van der Waals surface area contributed by atoms with Gasteiger partial charge in [0.1, 0.15) is 11.4 Å². The van der Waals surface area contributed by atoms with Gasteiger partial charge in [-0.25, -0.2) is 14.2 Å². The lowest BCUT2D eigenvalue weighted by molar-refractivity contribution is 0.0557. The quantitative estimate of drug-likeness (QED) is 0.648. The summed E-state index contributed by atoms with van der Waals surface area (Å²) in [5.41, 5.74) is 1.69. The van der Waals surface area contributed by atoms with Crippen LogP contribution >= 0.6 is 0 Å². The highest BCUT2D eigenvalue weighted by molar-refractivity contribution is 5.94. The molecular weight excluding hydrogens is 371 g/mol. The summed E-state index contributed by atoms with van der Waals surface area (Å²) in [5.74, 6) is 0.0407. The molecule has 1 N–H and O–H groups in total. The van der Waals surface area contributed by atoms with Crippen LogP contribution in [0.25, 0.3) is 28.0 Å². The van der Waals surface area contributed by atoms with Crippen molar-refractivity contribution in [2.75, 3.05) is 0 Å². The smallest absolute Gasteiger partial charge is 0.412 e. The van der Waals surface area contributed by atoms with Crippen molar-refractivity contribution in [2.24, 2.45) is 0 Å². The van der Waals surface area contributed by atoms with E-state index in [0.29, 0.717) is 28.1 Å². The lowest BCUT2D eigenvalue weighted by Crippen LogP contribution is -2.32. The van der Waals surface area contributed by atoms with Crippen LogP contribution in [0.2, 0.25) is 0 Å². The minimum absolute atomic E-state index is 0.0727. The monoisotopic (exact) mass is 396 g/mol. The molecule has 2 aromatic heterocycles. The van der Waals surface area contributed by atoms with Crippen LogP contribution in [0, 0.1) is 5.82 Å². The molecule has 3 aromatic rings. The van der Waals surface area contributed by atoms with Crippen molar-refractivity contribution >= 4 is 22.8 Å². The Morgan fingerprint density at radius 2 is 1.97 bits per heavy atom. The Kier molecular flexibility index (Phi) is 5.42. The van der Waals surface area contributed by atoms with Crippen molar-refractivity contribution in [3.05, 3.63) is 54.7 Å². The Labute approximate surface area is 169 Å². The second kappa shape index (κ2) is 7.66. The summed E-state index contributed by atoms with van der Waals surface area (Å²) in [5, 5.41) is 2.63. The van der Waals surface area contributed by atoms with Gasteiger partial charge in [0.15, 0.2) is 5.82 Å². The molecule has 1 aromatic carbocycles. The molecule has 7 heteroatoms. The molecule has 0 fully saturated rings. The molecule has 2 heterocycles. The van der Waals surface area contributed by atoms with Gasteiger partial charge in [-0.3, -0.25) is 10.3 Å². The number of alkyl carbamates (subject to hydrolysis) is 1. The molecule has 0 unspecified atom stereocenters. The van der Waals surface area contributed by atoms with E-state index in [2.05, 4.69) is 21.9 Å². The van der Waals surface area contributed by atoms with Crippen molar-refractivity contribution in [1.29, 1.82) is 0 Å². The fourth-order valence-corrected chi connectivity index (χ4v) is 3.12. The Balaban J connectivity index is 2.14. The van der Waals surface area contributed by atoms with Crippen LogP contribution in [0.15, 0.2) is 43.1 Å². The Morgan fingerprint density at radius 1 is 1.24 bits per heavy atom. The maximum Gasteiger partial charge on any atom is 0.412 e. The zero-order chi connectivity index (χ0) is 21.3. The number of nitrogens with zero attached hydrogens (tertiary/aromatic N) is 3. The fourth-order valence-electron chi connectivity index (χ4n) is 3.12. The average Bonchev–Trinajstić information content (AvgIpc) is 3.00. The summed E-state index contributed by atoms with van der Waals surface area (Å²) in [7, 11) is 0. The van der Waals surface area contributed by atoms with Crippen molar-refractivity contribution in [2.45, 2.75) is 46.3 Å². The molecule has 29 heavy (non-hydrogen) atoms. The number of fused-ring (bicyclic) bond motifs is 1. The highest BCUT2D eigenvalue weighted by atomic mass is 19.1. The van der Waals surface area contributed by atoms with E-state index in [0.717, 1.165) is 0 Å². The van der Waals surface area contributed by atoms with Crippen LogP contribution in [0.5, 0.6) is 0 Å². The Morgan fingerprint density at radius 3 is 2.55 bits per heavy atom. The van der Waals surface area contributed by atoms with Crippen LogP contribution in [0.3, 0.4) is 0 Å². The normalized spacial score (nSPS) is 11.7. The summed E-state index contributed by atoms with van der Waals surface area (Å²) in [6, 6.07) is 8.25. The maximum absolute atomic E-state index is 14.9. The summed E-state index contributed by atoms with van der Waals surface area (Å²) in [6.07, 6.45) is 0.995. The molecule has 0 radical (unpaired) electrons. The molecule has 0 saturated carbocycles. The van der Waals surface area contributed by atoms with Gasteiger partial charge in [0.2, 0.25) is 0 Å². The summed E-state index contributed by atoms with van der Waals surface area (Å²) in [6.45, 7) is 13.2. The summed E-state index contributed by atoms with van der Waals surface area (Å²) in [4.78, 5) is 21.1. The number of carbonyl (C=O) groups is 1. The number of hydrogen-bond donors (Lipinski definition) is 1. The van der Waals surface area contributed by atoms with Crippen LogP contribution in [-0.4, -0.2) is 26.2 Å². The lowest BCUT2D eigenvalue weighted by Gasteiger charge is -2.21. The first-order chi connectivity index (χ1) is 13.6. The third-order valence-corrected chi connectivity index (χ3v) is 4.16. The first kappa shape index (κ1) is 20.5. The predicted molar refractivity (Wildman–Crippen MR) is 112 cm³/mol. The van der Waals surface area contributed by atoms with Gasteiger partial charge >= 0.3 is 6.09 Å². The summed E-state index contributed by atoms with van der Waals surface area (Å²) >= 11 is 0. The van der Waals surface area contributed by atoms with Gasteiger partial charge in [0, 0.05) is 12.2 Å². The molecule has 3 rings (SSSR count). The first-order valence-electron chi connectivity index (χ1n) is 9.39. The number of pyridine rings is 1. The second-order valence-corrected chi connectivity index (χ2v) is 8.01. The molecule has 0 aliphatic carbocycles. The molecule has 6 nitrogen and oxygen atoms in total. The van der Waals surface area contributed by atoms with Gasteiger partial charge in [-0.15, -0.1) is 0 Å². The van der Waals surface area contributed by atoms with Crippen LogP contribution < -0.4 is 5.32 Å². The molecule has 1 amide bonds. The molecule has 152 valence electrons. The van der Waals surface area contributed by atoms with E-state index in [-0.39, 0.29) is 11.7 Å². The van der Waals surface area contributed by atoms with Gasteiger partial charge < -0.3 is 9.30 Å². The Bertz CT molecular complexity index is 1070. The van der Waals surface area contributed by atoms with Gasteiger partial charge in [0.05, 0.1) is 28.0 Å². The van der Waals surface area contributed by atoms with E-state index < -0.39 is 17.5 Å². The number of rotatable bonds is 4. The van der Waals surface area contributed by atoms with Crippen LogP contribution in [0.4, 0.5) is 9.18 Å². The molecule has 0 spiro atoms.